The number of carbonyl (C=O) groups is 1. The van der Waals surface area contributed by atoms with E-state index in [1.54, 1.807) is 6.20 Å². The first-order valence-corrected chi connectivity index (χ1v) is 5.84. The van der Waals surface area contributed by atoms with Crippen molar-refractivity contribution in [1.82, 2.24) is 4.98 Å². The maximum Gasteiger partial charge on any atom is 0.314 e. The van der Waals surface area contributed by atoms with Crippen molar-refractivity contribution in [2.75, 3.05) is 13.2 Å². The van der Waals surface area contributed by atoms with E-state index in [-0.39, 0.29) is 0 Å². The minimum absolute atomic E-state index is 0.299. The number of carboxylic acid groups (broad SMARTS) is 1. The van der Waals surface area contributed by atoms with E-state index in [4.69, 9.17) is 4.74 Å². The SMILES string of the molecule is O=C(O)C1(Cc2ccc3ncccc3c2)COC1. The lowest BCUT2D eigenvalue weighted by molar-refractivity contribution is -0.179. The number of rotatable bonds is 3. The molecule has 4 nitrogen and oxygen atoms in total. The summed E-state index contributed by atoms with van der Waals surface area (Å²) in [6, 6.07) is 9.74. The molecule has 4 heteroatoms. The Morgan fingerprint density at radius 2 is 2.22 bits per heavy atom. The number of hydrogen-bond acceptors (Lipinski definition) is 3. The molecular formula is C14H13NO3. The van der Waals surface area contributed by atoms with Crippen LogP contribution in [0.3, 0.4) is 0 Å². The molecule has 92 valence electrons. The fraction of sp³-hybridized carbons (Fsp3) is 0.286. The third kappa shape index (κ3) is 1.75. The van der Waals surface area contributed by atoms with E-state index < -0.39 is 11.4 Å². The summed E-state index contributed by atoms with van der Waals surface area (Å²) in [7, 11) is 0. The second-order valence-corrected chi connectivity index (χ2v) is 4.79. The van der Waals surface area contributed by atoms with Gasteiger partial charge in [0.25, 0.3) is 0 Å². The van der Waals surface area contributed by atoms with E-state index in [9.17, 15) is 9.90 Å². The molecule has 0 atom stereocenters. The molecule has 2 aromatic rings. The lowest BCUT2D eigenvalue weighted by Gasteiger charge is -2.37. The van der Waals surface area contributed by atoms with Gasteiger partial charge in [0.05, 0.1) is 18.7 Å². The number of fused-ring (bicyclic) bond motifs is 1. The third-order valence-electron chi connectivity index (χ3n) is 3.42. The highest BCUT2D eigenvalue weighted by molar-refractivity contribution is 5.80. The van der Waals surface area contributed by atoms with Crippen LogP contribution < -0.4 is 0 Å². The fourth-order valence-electron chi connectivity index (χ4n) is 2.28. The second-order valence-electron chi connectivity index (χ2n) is 4.79. The molecule has 18 heavy (non-hydrogen) atoms. The van der Waals surface area contributed by atoms with E-state index in [1.165, 1.54) is 0 Å². The fourth-order valence-corrected chi connectivity index (χ4v) is 2.28. The van der Waals surface area contributed by atoms with Crippen LogP contribution in [0.25, 0.3) is 10.9 Å². The number of ether oxygens (including phenoxy) is 1. The van der Waals surface area contributed by atoms with E-state index in [1.807, 2.05) is 30.3 Å². The molecule has 0 unspecified atom stereocenters. The summed E-state index contributed by atoms with van der Waals surface area (Å²) in [5.41, 5.74) is 1.20. The molecule has 1 aliphatic rings. The van der Waals surface area contributed by atoms with Crippen molar-refractivity contribution in [3.05, 3.63) is 42.1 Å². The Kier molecular flexibility index (Phi) is 2.52. The lowest BCUT2D eigenvalue weighted by atomic mass is 9.80. The van der Waals surface area contributed by atoms with Crippen LogP contribution in [0.1, 0.15) is 5.56 Å². The van der Waals surface area contributed by atoms with Crippen LogP contribution in [0.2, 0.25) is 0 Å². The average molecular weight is 243 g/mol. The monoisotopic (exact) mass is 243 g/mol. The van der Waals surface area contributed by atoms with Gasteiger partial charge in [-0.15, -0.1) is 0 Å². The van der Waals surface area contributed by atoms with Gasteiger partial charge in [0.2, 0.25) is 0 Å². The number of carboxylic acids is 1. The molecule has 2 heterocycles. The van der Waals surface area contributed by atoms with Crippen LogP contribution in [0, 0.1) is 5.41 Å². The molecule has 0 aliphatic carbocycles. The number of aromatic nitrogens is 1. The van der Waals surface area contributed by atoms with E-state index in [2.05, 4.69) is 4.98 Å². The Morgan fingerprint density at radius 1 is 1.39 bits per heavy atom. The van der Waals surface area contributed by atoms with Crippen LogP contribution >= 0.6 is 0 Å². The maximum atomic E-state index is 11.3. The van der Waals surface area contributed by atoms with Crippen molar-refractivity contribution in [1.29, 1.82) is 0 Å². The predicted octanol–water partition coefficient (Wildman–Crippen LogP) is 1.88. The molecular weight excluding hydrogens is 230 g/mol. The largest absolute Gasteiger partial charge is 0.481 e. The zero-order valence-electron chi connectivity index (χ0n) is 9.80. The van der Waals surface area contributed by atoms with Crippen LogP contribution in [0.4, 0.5) is 0 Å². The van der Waals surface area contributed by atoms with Gasteiger partial charge in [0.15, 0.2) is 0 Å². The Bertz CT molecular complexity index is 605. The summed E-state index contributed by atoms with van der Waals surface area (Å²) >= 11 is 0. The smallest absolute Gasteiger partial charge is 0.314 e. The highest BCUT2D eigenvalue weighted by Gasteiger charge is 2.46. The van der Waals surface area contributed by atoms with E-state index in [0.29, 0.717) is 19.6 Å². The zero-order valence-corrected chi connectivity index (χ0v) is 9.80. The first-order chi connectivity index (χ1) is 8.70. The predicted molar refractivity (Wildman–Crippen MR) is 66.3 cm³/mol. The first kappa shape index (κ1) is 11.2. The molecule has 0 amide bonds. The molecule has 0 radical (unpaired) electrons. The molecule has 0 bridgehead atoms. The maximum absolute atomic E-state index is 11.3. The number of hydrogen-bond donors (Lipinski definition) is 1. The van der Waals surface area contributed by atoms with Gasteiger partial charge in [-0.25, -0.2) is 0 Å². The summed E-state index contributed by atoms with van der Waals surface area (Å²) in [5.74, 6) is -0.778. The standard InChI is InChI=1S/C14H13NO3/c16-13(17)14(8-18-9-14)7-10-3-4-12-11(6-10)2-1-5-15-12/h1-6H,7-9H2,(H,16,17). The molecule has 1 aromatic carbocycles. The van der Waals surface area contributed by atoms with Crippen molar-refractivity contribution in [3.8, 4) is 0 Å². The molecule has 0 saturated carbocycles. The average Bonchev–Trinajstić information content (AvgIpc) is 2.33. The normalized spacial score (nSPS) is 17.3. The second kappa shape index (κ2) is 4.07. The quantitative estimate of drug-likeness (QED) is 0.894. The topological polar surface area (TPSA) is 59.4 Å². The van der Waals surface area contributed by atoms with Gasteiger partial charge in [0, 0.05) is 11.6 Å². The van der Waals surface area contributed by atoms with Crippen molar-refractivity contribution in [3.63, 3.8) is 0 Å². The van der Waals surface area contributed by atoms with Crippen molar-refractivity contribution in [2.45, 2.75) is 6.42 Å². The Hall–Kier alpha value is -1.94. The summed E-state index contributed by atoms with van der Waals surface area (Å²) in [6.07, 6.45) is 2.26. The van der Waals surface area contributed by atoms with Crippen molar-refractivity contribution in [2.24, 2.45) is 5.41 Å². The number of nitrogens with zero attached hydrogens (tertiary/aromatic N) is 1. The van der Waals surface area contributed by atoms with Crippen LogP contribution in [-0.4, -0.2) is 29.3 Å². The molecule has 3 rings (SSSR count). The number of aliphatic carboxylic acids is 1. The minimum atomic E-state index is -0.778. The number of pyridine rings is 1. The van der Waals surface area contributed by atoms with Gasteiger partial charge in [-0.3, -0.25) is 9.78 Å². The summed E-state index contributed by atoms with van der Waals surface area (Å²) in [4.78, 5) is 15.5. The molecule has 1 saturated heterocycles. The molecule has 1 aliphatic heterocycles. The Balaban J connectivity index is 1.93. The highest BCUT2D eigenvalue weighted by Crippen LogP contribution is 2.32. The van der Waals surface area contributed by atoms with Gasteiger partial charge in [-0.05, 0) is 30.2 Å². The molecule has 0 spiro atoms. The van der Waals surface area contributed by atoms with Gasteiger partial charge in [0.1, 0.15) is 5.41 Å². The van der Waals surface area contributed by atoms with Crippen molar-refractivity contribution >= 4 is 16.9 Å². The van der Waals surface area contributed by atoms with Crippen LogP contribution in [0.5, 0.6) is 0 Å². The van der Waals surface area contributed by atoms with E-state index >= 15 is 0 Å². The Labute approximate surface area is 104 Å². The van der Waals surface area contributed by atoms with Gasteiger partial charge < -0.3 is 9.84 Å². The first-order valence-electron chi connectivity index (χ1n) is 5.84. The third-order valence-corrected chi connectivity index (χ3v) is 3.42. The van der Waals surface area contributed by atoms with Crippen LogP contribution in [-0.2, 0) is 16.0 Å². The highest BCUT2D eigenvalue weighted by atomic mass is 16.5. The molecule has 1 fully saturated rings. The van der Waals surface area contributed by atoms with Crippen molar-refractivity contribution < 1.29 is 14.6 Å². The summed E-state index contributed by atoms with van der Waals surface area (Å²) in [6.45, 7) is 0.598. The van der Waals surface area contributed by atoms with Gasteiger partial charge >= 0.3 is 5.97 Å². The lowest BCUT2D eigenvalue weighted by Crippen LogP contribution is -2.50. The summed E-state index contributed by atoms with van der Waals surface area (Å²) in [5, 5.41) is 10.3. The molecule has 1 N–H and O–H groups in total. The number of benzene rings is 1. The minimum Gasteiger partial charge on any atom is -0.481 e. The van der Waals surface area contributed by atoms with Gasteiger partial charge in [-0.1, -0.05) is 12.1 Å². The zero-order chi connectivity index (χ0) is 12.6. The van der Waals surface area contributed by atoms with Gasteiger partial charge in [-0.2, -0.15) is 0 Å². The van der Waals surface area contributed by atoms with Crippen LogP contribution in [0.15, 0.2) is 36.5 Å². The van der Waals surface area contributed by atoms with E-state index in [0.717, 1.165) is 16.5 Å². The summed E-state index contributed by atoms with van der Waals surface area (Å²) < 4.78 is 5.07. The Morgan fingerprint density at radius 3 is 2.89 bits per heavy atom. The molecule has 1 aromatic heterocycles.